The molecule has 8 heteroatoms. The smallest absolute Gasteiger partial charge is 0.222 e. The van der Waals surface area contributed by atoms with Crippen LogP contribution in [0.5, 0.6) is 0 Å². The molecule has 1 fully saturated rings. The number of rotatable bonds is 6. The van der Waals surface area contributed by atoms with E-state index in [0.717, 1.165) is 17.7 Å². The second kappa shape index (κ2) is 10.6. The summed E-state index contributed by atoms with van der Waals surface area (Å²) in [5.74, 6) is -0.204. The lowest BCUT2D eigenvalue weighted by atomic mass is 10.2. The maximum atomic E-state index is 14.0. The topological polar surface area (TPSA) is 60.0 Å². The predicted octanol–water partition coefficient (Wildman–Crippen LogP) is 2.37. The van der Waals surface area contributed by atoms with Crippen LogP contribution in [0.4, 0.5) is 14.5 Å². The molecular weight excluding hydrogens is 388 g/mol. The summed E-state index contributed by atoms with van der Waals surface area (Å²) in [6.45, 7) is 3.32. The Hall–Kier alpha value is -3.16. The van der Waals surface area contributed by atoms with Crippen molar-refractivity contribution in [2.24, 2.45) is 4.99 Å². The fourth-order valence-corrected chi connectivity index (χ4v) is 3.39. The summed E-state index contributed by atoms with van der Waals surface area (Å²) in [4.78, 5) is 20.2. The van der Waals surface area contributed by atoms with Crippen molar-refractivity contribution in [2.75, 3.05) is 44.7 Å². The third-order valence-corrected chi connectivity index (χ3v) is 5.01. The zero-order valence-corrected chi connectivity index (χ0v) is 17.1. The van der Waals surface area contributed by atoms with Crippen LogP contribution in [0.25, 0.3) is 0 Å². The number of guanidine groups is 1. The van der Waals surface area contributed by atoms with E-state index in [1.807, 2.05) is 35.2 Å². The Bertz CT molecular complexity index is 867. The molecule has 0 radical (unpaired) electrons. The minimum Gasteiger partial charge on any atom is -0.366 e. The summed E-state index contributed by atoms with van der Waals surface area (Å²) in [6.07, 6.45) is 0.334. The van der Waals surface area contributed by atoms with Gasteiger partial charge in [0.05, 0.1) is 5.69 Å². The van der Waals surface area contributed by atoms with Crippen LogP contribution in [0.2, 0.25) is 0 Å². The largest absolute Gasteiger partial charge is 0.366 e. The summed E-state index contributed by atoms with van der Waals surface area (Å²) in [5.41, 5.74) is 1.34. The summed E-state index contributed by atoms with van der Waals surface area (Å²) in [5, 5.41) is 6.10. The summed E-state index contributed by atoms with van der Waals surface area (Å²) in [7, 11) is 1.69. The Morgan fingerprint density at radius 3 is 2.47 bits per heavy atom. The molecule has 0 saturated carbocycles. The molecule has 0 aromatic heterocycles. The van der Waals surface area contributed by atoms with Crippen LogP contribution >= 0.6 is 0 Å². The van der Waals surface area contributed by atoms with Crippen molar-refractivity contribution in [3.05, 3.63) is 65.7 Å². The van der Waals surface area contributed by atoms with E-state index in [1.165, 1.54) is 6.07 Å². The van der Waals surface area contributed by atoms with Gasteiger partial charge in [0.2, 0.25) is 5.91 Å². The number of amides is 1. The first-order chi connectivity index (χ1) is 14.6. The number of piperazine rings is 1. The van der Waals surface area contributed by atoms with Crippen LogP contribution in [-0.2, 0) is 11.3 Å². The molecule has 6 nitrogen and oxygen atoms in total. The predicted molar refractivity (Wildman–Crippen MR) is 114 cm³/mol. The van der Waals surface area contributed by atoms with Crippen molar-refractivity contribution >= 4 is 17.6 Å². The Morgan fingerprint density at radius 2 is 1.77 bits per heavy atom. The molecule has 1 amide bonds. The highest BCUT2D eigenvalue weighted by Gasteiger charge is 2.22. The van der Waals surface area contributed by atoms with Crippen molar-refractivity contribution in [2.45, 2.75) is 13.0 Å². The number of hydrogen-bond acceptors (Lipinski definition) is 3. The van der Waals surface area contributed by atoms with E-state index >= 15 is 0 Å². The number of carbonyl (C=O) groups excluding carboxylic acids is 1. The molecule has 0 spiro atoms. The quantitative estimate of drug-likeness (QED) is 0.562. The molecule has 2 N–H and O–H groups in total. The molecule has 2 aromatic carbocycles. The highest BCUT2D eigenvalue weighted by atomic mass is 19.1. The number of halogens is 2. The molecule has 1 saturated heterocycles. The molecule has 1 heterocycles. The van der Waals surface area contributed by atoms with Gasteiger partial charge in [0.15, 0.2) is 5.96 Å². The molecule has 0 bridgehead atoms. The van der Waals surface area contributed by atoms with Gasteiger partial charge in [-0.25, -0.2) is 8.78 Å². The highest BCUT2D eigenvalue weighted by molar-refractivity contribution is 5.81. The number of hydrogen-bond donors (Lipinski definition) is 2. The second-order valence-corrected chi connectivity index (χ2v) is 7.06. The van der Waals surface area contributed by atoms with Crippen molar-refractivity contribution in [1.29, 1.82) is 0 Å². The first-order valence-electron chi connectivity index (χ1n) is 10.0. The lowest BCUT2D eigenvalue weighted by Crippen LogP contribution is -2.53. The molecular formula is C22H27F2N5O. The minimum absolute atomic E-state index is 0.0341. The van der Waals surface area contributed by atoms with Gasteiger partial charge >= 0.3 is 0 Å². The third-order valence-electron chi connectivity index (χ3n) is 5.01. The Morgan fingerprint density at radius 1 is 1.03 bits per heavy atom. The van der Waals surface area contributed by atoms with Gasteiger partial charge in [-0.05, 0) is 17.7 Å². The van der Waals surface area contributed by atoms with Gasteiger partial charge in [-0.15, -0.1) is 0 Å². The van der Waals surface area contributed by atoms with Crippen LogP contribution < -0.4 is 15.5 Å². The van der Waals surface area contributed by atoms with E-state index in [1.54, 1.807) is 7.05 Å². The molecule has 1 aliphatic rings. The molecule has 160 valence electrons. The van der Waals surface area contributed by atoms with Gasteiger partial charge < -0.3 is 20.4 Å². The number of aliphatic imine (C=N–C) groups is 1. The number of nitrogens with one attached hydrogen (secondary N) is 2. The molecule has 3 rings (SSSR count). The van der Waals surface area contributed by atoms with Gasteiger partial charge in [0, 0.05) is 58.8 Å². The van der Waals surface area contributed by atoms with Crippen LogP contribution in [0, 0.1) is 11.6 Å². The second-order valence-electron chi connectivity index (χ2n) is 7.06. The van der Waals surface area contributed by atoms with E-state index in [-0.39, 0.29) is 11.6 Å². The number of anilines is 1. The molecule has 0 aliphatic carbocycles. The Labute approximate surface area is 175 Å². The SMILES string of the molecule is CN=C(NCCC(=O)NCc1ccccc1)N1CCN(c2cc(F)ccc2F)CC1. The molecule has 1 aliphatic heterocycles. The van der Waals surface area contributed by atoms with Crippen LogP contribution in [-0.4, -0.2) is 56.5 Å². The fourth-order valence-electron chi connectivity index (χ4n) is 3.39. The van der Waals surface area contributed by atoms with Crippen LogP contribution in [0.15, 0.2) is 53.5 Å². The normalized spacial score (nSPS) is 14.6. The van der Waals surface area contributed by atoms with Crippen molar-refractivity contribution in [1.82, 2.24) is 15.5 Å². The molecule has 30 heavy (non-hydrogen) atoms. The van der Waals surface area contributed by atoms with E-state index < -0.39 is 11.6 Å². The minimum atomic E-state index is -0.447. The zero-order valence-electron chi connectivity index (χ0n) is 17.1. The fraction of sp³-hybridized carbons (Fsp3) is 0.364. The first-order valence-corrected chi connectivity index (χ1v) is 10.0. The average molecular weight is 415 g/mol. The van der Waals surface area contributed by atoms with E-state index in [0.29, 0.717) is 51.6 Å². The average Bonchev–Trinajstić information content (AvgIpc) is 2.78. The maximum absolute atomic E-state index is 14.0. The Balaban J connectivity index is 1.41. The summed E-state index contributed by atoms with van der Waals surface area (Å²) < 4.78 is 27.4. The van der Waals surface area contributed by atoms with Gasteiger partial charge in [-0.1, -0.05) is 30.3 Å². The van der Waals surface area contributed by atoms with E-state index in [4.69, 9.17) is 0 Å². The third kappa shape index (κ3) is 5.92. The zero-order chi connectivity index (χ0) is 21.3. The molecule has 2 aromatic rings. The summed E-state index contributed by atoms with van der Waals surface area (Å²) >= 11 is 0. The highest BCUT2D eigenvalue weighted by Crippen LogP contribution is 2.21. The molecule has 0 atom stereocenters. The number of carbonyl (C=O) groups is 1. The van der Waals surface area contributed by atoms with Crippen molar-refractivity contribution < 1.29 is 13.6 Å². The van der Waals surface area contributed by atoms with Crippen LogP contribution in [0.1, 0.15) is 12.0 Å². The first kappa shape index (κ1) is 21.5. The van der Waals surface area contributed by atoms with Gasteiger partial charge in [-0.2, -0.15) is 0 Å². The van der Waals surface area contributed by atoms with E-state index in [2.05, 4.69) is 20.5 Å². The van der Waals surface area contributed by atoms with Crippen molar-refractivity contribution in [3.8, 4) is 0 Å². The number of benzene rings is 2. The van der Waals surface area contributed by atoms with E-state index in [9.17, 15) is 13.6 Å². The summed E-state index contributed by atoms with van der Waals surface area (Å²) in [6, 6.07) is 13.3. The Kier molecular flexibility index (Phi) is 7.59. The lowest BCUT2D eigenvalue weighted by Gasteiger charge is -2.37. The van der Waals surface area contributed by atoms with Gasteiger partial charge in [0.1, 0.15) is 11.6 Å². The monoisotopic (exact) mass is 415 g/mol. The lowest BCUT2D eigenvalue weighted by molar-refractivity contribution is -0.121. The molecule has 0 unspecified atom stereocenters. The van der Waals surface area contributed by atoms with Crippen molar-refractivity contribution in [3.63, 3.8) is 0 Å². The number of nitrogens with zero attached hydrogens (tertiary/aromatic N) is 3. The van der Waals surface area contributed by atoms with Gasteiger partial charge in [0.25, 0.3) is 0 Å². The van der Waals surface area contributed by atoms with Crippen LogP contribution in [0.3, 0.4) is 0 Å². The van der Waals surface area contributed by atoms with Gasteiger partial charge in [-0.3, -0.25) is 9.79 Å². The maximum Gasteiger partial charge on any atom is 0.222 e. The standard InChI is InChI=1S/C22H27F2N5O/c1-25-22(26-10-9-21(30)27-16-17-5-3-2-4-6-17)29-13-11-28(12-14-29)20-15-18(23)7-8-19(20)24/h2-8,15H,9-14,16H2,1H3,(H,25,26)(H,27,30).